The molecule has 144 valence electrons. The first kappa shape index (κ1) is 19.1. The van der Waals surface area contributed by atoms with E-state index in [1.54, 1.807) is 6.20 Å². The van der Waals surface area contributed by atoms with E-state index in [2.05, 4.69) is 10.3 Å². The average molecular weight is 370 g/mol. The first-order valence-corrected chi connectivity index (χ1v) is 9.55. The van der Waals surface area contributed by atoms with Gasteiger partial charge in [0.1, 0.15) is 5.54 Å². The lowest BCUT2D eigenvalue weighted by molar-refractivity contribution is -0.148. The van der Waals surface area contributed by atoms with Gasteiger partial charge in [-0.3, -0.25) is 4.79 Å². The van der Waals surface area contributed by atoms with Gasteiger partial charge in [-0.15, -0.1) is 0 Å². The molecule has 1 heterocycles. The monoisotopic (exact) mass is 370 g/mol. The number of aromatic nitrogens is 1. The minimum atomic E-state index is -1.13. The number of hydrogen-bond donors (Lipinski definition) is 2. The summed E-state index contributed by atoms with van der Waals surface area (Å²) in [5.41, 5.74) is 0.977. The maximum atomic E-state index is 12.4. The largest absolute Gasteiger partial charge is 0.480 e. The van der Waals surface area contributed by atoms with Crippen LogP contribution in [0.3, 0.4) is 0 Å². The highest BCUT2D eigenvalue weighted by atomic mass is 16.4. The lowest BCUT2D eigenvalue weighted by Gasteiger charge is -2.29. The Morgan fingerprint density at radius 3 is 2.44 bits per heavy atom. The fourth-order valence-electron chi connectivity index (χ4n) is 3.55. The van der Waals surface area contributed by atoms with Crippen molar-refractivity contribution in [1.82, 2.24) is 10.3 Å². The molecule has 6 heteroatoms. The van der Waals surface area contributed by atoms with E-state index in [4.69, 9.17) is 4.42 Å². The smallest absolute Gasteiger partial charge is 0.329 e. The highest BCUT2D eigenvalue weighted by molar-refractivity contribution is 5.87. The van der Waals surface area contributed by atoms with Crippen LogP contribution >= 0.6 is 0 Å². The number of hydrogen-bond acceptors (Lipinski definition) is 4. The zero-order valence-electron chi connectivity index (χ0n) is 15.7. The van der Waals surface area contributed by atoms with Crippen LogP contribution in [0.25, 0.3) is 11.3 Å². The highest BCUT2D eigenvalue weighted by Crippen LogP contribution is 2.28. The second-order valence-electron chi connectivity index (χ2n) is 7.33. The zero-order valence-corrected chi connectivity index (χ0v) is 15.7. The number of carbonyl (C=O) groups is 2. The van der Waals surface area contributed by atoms with Crippen LogP contribution in [-0.2, 0) is 16.0 Å². The summed E-state index contributed by atoms with van der Waals surface area (Å²) in [4.78, 5) is 28.4. The van der Waals surface area contributed by atoms with Crippen molar-refractivity contribution in [2.24, 2.45) is 0 Å². The minimum absolute atomic E-state index is 0.156. The fourth-order valence-corrected chi connectivity index (χ4v) is 3.55. The first-order valence-electron chi connectivity index (χ1n) is 9.55. The third-order valence-corrected chi connectivity index (χ3v) is 5.20. The quantitative estimate of drug-likeness (QED) is 0.753. The Hall–Kier alpha value is -2.63. The molecular formula is C21H26N2O4. The molecule has 2 N–H and O–H groups in total. The second kappa shape index (κ2) is 8.37. The van der Waals surface area contributed by atoms with Gasteiger partial charge in [-0.05, 0) is 19.8 Å². The molecule has 1 fully saturated rings. The van der Waals surface area contributed by atoms with Gasteiger partial charge in [-0.2, -0.15) is 0 Å². The second-order valence-corrected chi connectivity index (χ2v) is 7.33. The van der Waals surface area contributed by atoms with Gasteiger partial charge in [0, 0.05) is 18.4 Å². The average Bonchev–Trinajstić information content (AvgIpc) is 2.99. The van der Waals surface area contributed by atoms with Crippen molar-refractivity contribution in [3.8, 4) is 11.3 Å². The van der Waals surface area contributed by atoms with Gasteiger partial charge < -0.3 is 14.8 Å². The number of nitrogens with one attached hydrogen (secondary N) is 1. The number of rotatable bonds is 6. The van der Waals surface area contributed by atoms with Gasteiger partial charge in [0.25, 0.3) is 0 Å². The number of amides is 1. The number of oxazole rings is 1. The Kier molecular flexibility index (Phi) is 5.94. The van der Waals surface area contributed by atoms with Gasteiger partial charge in [0.05, 0.1) is 6.20 Å². The van der Waals surface area contributed by atoms with Gasteiger partial charge in [0.2, 0.25) is 5.91 Å². The van der Waals surface area contributed by atoms with Crippen molar-refractivity contribution in [3.63, 3.8) is 0 Å². The van der Waals surface area contributed by atoms with Crippen LogP contribution in [0.5, 0.6) is 0 Å². The van der Waals surface area contributed by atoms with Crippen molar-refractivity contribution in [2.45, 2.75) is 63.8 Å². The molecule has 0 radical (unpaired) electrons. The number of aryl methyl sites for hydroxylation is 2. The summed E-state index contributed by atoms with van der Waals surface area (Å²) in [5.74, 6) is -0.0629. The minimum Gasteiger partial charge on any atom is -0.480 e. The Morgan fingerprint density at radius 2 is 1.81 bits per heavy atom. The lowest BCUT2D eigenvalue weighted by atomic mass is 9.90. The van der Waals surface area contributed by atoms with E-state index in [9.17, 15) is 14.7 Å². The maximum Gasteiger partial charge on any atom is 0.329 e. The molecule has 1 aliphatic carbocycles. The molecule has 0 aliphatic heterocycles. The van der Waals surface area contributed by atoms with Crippen LogP contribution in [0, 0.1) is 6.92 Å². The van der Waals surface area contributed by atoms with E-state index in [1.807, 2.05) is 31.2 Å². The molecule has 2 aromatic rings. The van der Waals surface area contributed by atoms with Crippen LogP contribution in [0.15, 0.2) is 34.9 Å². The van der Waals surface area contributed by atoms with Gasteiger partial charge in [0.15, 0.2) is 11.7 Å². The highest BCUT2D eigenvalue weighted by Gasteiger charge is 2.39. The molecular weight excluding hydrogens is 344 g/mol. The van der Waals surface area contributed by atoms with Gasteiger partial charge in [-0.25, -0.2) is 9.78 Å². The standard InChI is InChI=1S/C21H26N2O4/c1-15-6-8-16(9-7-15)17-14-22-19(27-17)11-10-18(24)23-21(20(25)26)12-4-2-3-5-13-21/h6-9,14H,2-5,10-13H2,1H3,(H,23,24)(H,25,26). The molecule has 1 aromatic heterocycles. The van der Waals surface area contributed by atoms with Crippen LogP contribution < -0.4 is 5.32 Å². The van der Waals surface area contributed by atoms with Gasteiger partial charge in [-0.1, -0.05) is 55.5 Å². The molecule has 1 amide bonds. The maximum absolute atomic E-state index is 12.4. The Bertz CT molecular complexity index is 787. The SMILES string of the molecule is Cc1ccc(-c2cnc(CCC(=O)NC3(C(=O)O)CCCCCC3)o2)cc1. The Morgan fingerprint density at radius 1 is 1.15 bits per heavy atom. The van der Waals surface area contributed by atoms with Crippen molar-refractivity contribution >= 4 is 11.9 Å². The van der Waals surface area contributed by atoms with E-state index in [-0.39, 0.29) is 12.3 Å². The molecule has 27 heavy (non-hydrogen) atoms. The summed E-state index contributed by atoms with van der Waals surface area (Å²) in [6.45, 7) is 2.02. The third-order valence-electron chi connectivity index (χ3n) is 5.20. The van der Waals surface area contributed by atoms with E-state index < -0.39 is 11.5 Å². The van der Waals surface area contributed by atoms with E-state index in [0.717, 1.165) is 31.2 Å². The molecule has 1 aliphatic rings. The molecule has 0 unspecified atom stereocenters. The third kappa shape index (κ3) is 4.76. The number of carboxylic acid groups (broad SMARTS) is 1. The molecule has 0 atom stereocenters. The van der Waals surface area contributed by atoms with Gasteiger partial charge >= 0.3 is 5.97 Å². The fraction of sp³-hybridized carbons (Fsp3) is 0.476. The number of carbonyl (C=O) groups excluding carboxylic acids is 1. The number of benzene rings is 1. The van der Waals surface area contributed by atoms with Crippen molar-refractivity contribution in [1.29, 1.82) is 0 Å². The Balaban J connectivity index is 1.58. The van der Waals surface area contributed by atoms with Crippen LogP contribution in [-0.4, -0.2) is 27.5 Å². The van der Waals surface area contributed by atoms with Crippen LogP contribution in [0.1, 0.15) is 56.4 Å². The van der Waals surface area contributed by atoms with Crippen molar-refractivity contribution in [3.05, 3.63) is 41.9 Å². The predicted octanol–water partition coefficient (Wildman–Crippen LogP) is 3.88. The lowest BCUT2D eigenvalue weighted by Crippen LogP contribution is -2.54. The van der Waals surface area contributed by atoms with Crippen LogP contribution in [0.2, 0.25) is 0 Å². The van der Waals surface area contributed by atoms with E-state index in [1.165, 1.54) is 5.56 Å². The summed E-state index contributed by atoms with van der Waals surface area (Å²) >= 11 is 0. The molecule has 6 nitrogen and oxygen atoms in total. The molecule has 0 saturated heterocycles. The summed E-state index contributed by atoms with van der Waals surface area (Å²) in [6, 6.07) is 7.94. The first-order chi connectivity index (χ1) is 13.0. The van der Waals surface area contributed by atoms with Crippen molar-refractivity contribution in [2.75, 3.05) is 0 Å². The predicted molar refractivity (Wildman–Crippen MR) is 101 cm³/mol. The molecule has 3 rings (SSSR count). The molecule has 0 spiro atoms. The summed E-state index contributed by atoms with van der Waals surface area (Å²) < 4.78 is 5.74. The zero-order chi connectivity index (χ0) is 19.3. The molecule has 0 bridgehead atoms. The summed E-state index contributed by atoms with van der Waals surface area (Å²) in [6.07, 6.45) is 6.82. The molecule has 1 saturated carbocycles. The van der Waals surface area contributed by atoms with E-state index >= 15 is 0 Å². The van der Waals surface area contributed by atoms with Crippen molar-refractivity contribution < 1.29 is 19.1 Å². The number of aliphatic carboxylic acids is 1. The topological polar surface area (TPSA) is 92.4 Å². The van der Waals surface area contributed by atoms with E-state index in [0.29, 0.717) is 30.9 Å². The summed E-state index contributed by atoms with van der Waals surface area (Å²) in [5, 5.41) is 12.4. The normalized spacial score (nSPS) is 16.5. The van der Waals surface area contributed by atoms with Crippen LogP contribution in [0.4, 0.5) is 0 Å². The number of carboxylic acids is 1. The Labute approximate surface area is 159 Å². The molecule has 1 aromatic carbocycles. The summed E-state index contributed by atoms with van der Waals surface area (Å²) in [7, 11) is 0. The number of nitrogens with zero attached hydrogens (tertiary/aromatic N) is 1.